The summed E-state index contributed by atoms with van der Waals surface area (Å²) in [5, 5.41) is 3.49. The van der Waals surface area contributed by atoms with Gasteiger partial charge in [-0.25, -0.2) is 8.78 Å². The second-order valence-corrected chi connectivity index (χ2v) is 6.51. The van der Waals surface area contributed by atoms with Gasteiger partial charge in [-0.15, -0.1) is 0 Å². The molecule has 1 amide bonds. The third-order valence-electron chi connectivity index (χ3n) is 4.73. The van der Waals surface area contributed by atoms with Gasteiger partial charge in [0.2, 0.25) is 5.91 Å². The first-order chi connectivity index (χ1) is 10.6. The van der Waals surface area contributed by atoms with Crippen molar-refractivity contribution in [2.75, 3.05) is 13.6 Å². The summed E-state index contributed by atoms with van der Waals surface area (Å²) in [6.45, 7) is 1.29. The summed E-state index contributed by atoms with van der Waals surface area (Å²) in [6, 6.07) is 4.09. The van der Waals surface area contributed by atoms with Gasteiger partial charge in [-0.2, -0.15) is 0 Å². The number of nitrogens with zero attached hydrogens (tertiary/aromatic N) is 1. The SMILES string of the molecule is CN(Cc1ccc(F)c(F)c1)C(=O)[C@@H]1CCCN[C@@H]1C1CC1. The first kappa shape index (κ1) is 15.4. The standard InChI is InChI=1S/C17H22F2N2O/c1-21(10-11-4-7-14(18)15(19)9-11)17(22)13-3-2-8-20-16(13)12-5-6-12/h4,7,9,12-13,16,20H,2-3,5-6,8,10H2,1H3/t13-,16-/m1/s1. The highest BCUT2D eigenvalue weighted by atomic mass is 19.2. The Kier molecular flexibility index (Phi) is 4.43. The molecule has 1 saturated heterocycles. The lowest BCUT2D eigenvalue weighted by molar-refractivity contribution is -0.136. The molecule has 5 heteroatoms. The minimum Gasteiger partial charge on any atom is -0.341 e. The molecule has 0 bridgehead atoms. The maximum atomic E-state index is 13.3. The molecule has 22 heavy (non-hydrogen) atoms. The molecule has 1 aliphatic heterocycles. The third-order valence-corrected chi connectivity index (χ3v) is 4.73. The maximum absolute atomic E-state index is 13.3. The zero-order chi connectivity index (χ0) is 15.7. The molecular weight excluding hydrogens is 286 g/mol. The molecule has 2 atom stereocenters. The average Bonchev–Trinajstić information content (AvgIpc) is 3.35. The van der Waals surface area contributed by atoms with E-state index in [-0.39, 0.29) is 17.9 Å². The van der Waals surface area contributed by atoms with Crippen molar-refractivity contribution < 1.29 is 13.6 Å². The lowest BCUT2D eigenvalue weighted by Crippen LogP contribution is -2.49. The Bertz CT molecular complexity index is 560. The van der Waals surface area contributed by atoms with E-state index in [9.17, 15) is 13.6 Å². The van der Waals surface area contributed by atoms with Crippen LogP contribution < -0.4 is 5.32 Å². The van der Waals surface area contributed by atoms with E-state index < -0.39 is 11.6 Å². The van der Waals surface area contributed by atoms with Crippen LogP contribution in [0.2, 0.25) is 0 Å². The smallest absolute Gasteiger partial charge is 0.227 e. The maximum Gasteiger partial charge on any atom is 0.227 e. The van der Waals surface area contributed by atoms with Crippen LogP contribution in [0, 0.1) is 23.5 Å². The van der Waals surface area contributed by atoms with Crippen LogP contribution in [0.4, 0.5) is 8.78 Å². The molecular formula is C17H22F2N2O. The molecule has 1 heterocycles. The topological polar surface area (TPSA) is 32.3 Å². The van der Waals surface area contributed by atoms with Crippen LogP contribution in [0.15, 0.2) is 18.2 Å². The zero-order valence-electron chi connectivity index (χ0n) is 12.8. The van der Waals surface area contributed by atoms with Crippen LogP contribution in [-0.2, 0) is 11.3 Å². The Labute approximate surface area is 129 Å². The van der Waals surface area contributed by atoms with Crippen molar-refractivity contribution in [3.05, 3.63) is 35.4 Å². The highest BCUT2D eigenvalue weighted by Gasteiger charge is 2.41. The summed E-state index contributed by atoms with van der Waals surface area (Å²) in [6.07, 6.45) is 4.33. The van der Waals surface area contributed by atoms with Crippen molar-refractivity contribution in [1.29, 1.82) is 0 Å². The van der Waals surface area contributed by atoms with Crippen LogP contribution >= 0.6 is 0 Å². The summed E-state index contributed by atoms with van der Waals surface area (Å²) < 4.78 is 26.2. The van der Waals surface area contributed by atoms with Crippen LogP contribution in [0.3, 0.4) is 0 Å². The molecule has 2 fully saturated rings. The number of nitrogens with one attached hydrogen (secondary N) is 1. The van der Waals surface area contributed by atoms with Crippen molar-refractivity contribution in [2.45, 2.75) is 38.3 Å². The Morgan fingerprint density at radius 3 is 2.73 bits per heavy atom. The van der Waals surface area contributed by atoms with Gasteiger partial charge >= 0.3 is 0 Å². The van der Waals surface area contributed by atoms with E-state index in [0.29, 0.717) is 18.0 Å². The number of piperidine rings is 1. The van der Waals surface area contributed by atoms with Crippen LogP contribution in [0.5, 0.6) is 0 Å². The normalized spacial score (nSPS) is 25.0. The molecule has 1 N–H and O–H groups in total. The Hall–Kier alpha value is -1.49. The van der Waals surface area contributed by atoms with Gasteiger partial charge in [0.05, 0.1) is 5.92 Å². The van der Waals surface area contributed by atoms with E-state index in [1.807, 2.05) is 0 Å². The van der Waals surface area contributed by atoms with E-state index in [2.05, 4.69) is 5.32 Å². The van der Waals surface area contributed by atoms with Crippen LogP contribution in [0.25, 0.3) is 0 Å². The predicted molar refractivity (Wildman–Crippen MR) is 80.1 cm³/mol. The molecule has 1 aliphatic carbocycles. The molecule has 0 unspecified atom stereocenters. The predicted octanol–water partition coefficient (Wildman–Crippen LogP) is 2.70. The van der Waals surface area contributed by atoms with Crippen molar-refractivity contribution in [2.24, 2.45) is 11.8 Å². The Morgan fingerprint density at radius 1 is 1.27 bits per heavy atom. The van der Waals surface area contributed by atoms with Crippen molar-refractivity contribution >= 4 is 5.91 Å². The minimum absolute atomic E-state index is 0.0107. The lowest BCUT2D eigenvalue weighted by Gasteiger charge is -2.34. The number of carbonyl (C=O) groups excluding carboxylic acids is 1. The number of hydrogen-bond donors (Lipinski definition) is 1. The van der Waals surface area contributed by atoms with Gasteiger partial charge in [0.15, 0.2) is 11.6 Å². The van der Waals surface area contributed by atoms with Crippen LogP contribution in [-0.4, -0.2) is 30.4 Å². The third kappa shape index (κ3) is 3.29. The van der Waals surface area contributed by atoms with Crippen LogP contribution in [0.1, 0.15) is 31.2 Å². The fourth-order valence-electron chi connectivity index (χ4n) is 3.41. The van der Waals surface area contributed by atoms with Gasteiger partial charge in [-0.05, 0) is 55.8 Å². The number of amides is 1. The van der Waals surface area contributed by atoms with E-state index in [1.54, 1.807) is 11.9 Å². The average molecular weight is 308 g/mol. The van der Waals surface area contributed by atoms with Crippen molar-refractivity contribution in [1.82, 2.24) is 10.2 Å². The van der Waals surface area contributed by atoms with Gasteiger partial charge in [0, 0.05) is 19.6 Å². The fraction of sp³-hybridized carbons (Fsp3) is 0.588. The van der Waals surface area contributed by atoms with E-state index in [1.165, 1.54) is 18.9 Å². The van der Waals surface area contributed by atoms with Crippen molar-refractivity contribution in [3.63, 3.8) is 0 Å². The second-order valence-electron chi connectivity index (χ2n) is 6.51. The zero-order valence-corrected chi connectivity index (χ0v) is 12.8. The summed E-state index contributed by atoms with van der Waals surface area (Å²) >= 11 is 0. The van der Waals surface area contributed by atoms with Gasteiger partial charge in [-0.3, -0.25) is 4.79 Å². The Balaban J connectivity index is 1.66. The molecule has 1 aromatic carbocycles. The monoisotopic (exact) mass is 308 g/mol. The molecule has 2 aliphatic rings. The highest BCUT2D eigenvalue weighted by molar-refractivity contribution is 5.79. The summed E-state index contributed by atoms with van der Waals surface area (Å²) in [7, 11) is 1.74. The minimum atomic E-state index is -0.867. The molecule has 3 nitrogen and oxygen atoms in total. The molecule has 120 valence electrons. The first-order valence-electron chi connectivity index (χ1n) is 7.98. The Morgan fingerprint density at radius 2 is 2.05 bits per heavy atom. The lowest BCUT2D eigenvalue weighted by atomic mass is 9.86. The fourth-order valence-corrected chi connectivity index (χ4v) is 3.41. The summed E-state index contributed by atoms with van der Waals surface area (Å²) in [5.74, 6) is -0.979. The number of halogens is 2. The molecule has 0 radical (unpaired) electrons. The quantitative estimate of drug-likeness (QED) is 0.927. The number of hydrogen-bond acceptors (Lipinski definition) is 2. The molecule has 0 aromatic heterocycles. The number of rotatable bonds is 4. The van der Waals surface area contributed by atoms with E-state index in [4.69, 9.17) is 0 Å². The number of benzene rings is 1. The highest BCUT2D eigenvalue weighted by Crippen LogP contribution is 2.39. The summed E-state index contributed by atoms with van der Waals surface area (Å²) in [5.41, 5.74) is 0.612. The van der Waals surface area contributed by atoms with Gasteiger partial charge < -0.3 is 10.2 Å². The van der Waals surface area contributed by atoms with E-state index >= 15 is 0 Å². The summed E-state index contributed by atoms with van der Waals surface area (Å²) in [4.78, 5) is 14.4. The molecule has 3 rings (SSSR count). The first-order valence-corrected chi connectivity index (χ1v) is 7.98. The van der Waals surface area contributed by atoms with Gasteiger partial charge in [-0.1, -0.05) is 6.07 Å². The van der Waals surface area contributed by atoms with E-state index in [0.717, 1.165) is 31.5 Å². The van der Waals surface area contributed by atoms with Gasteiger partial charge in [0.1, 0.15) is 0 Å². The largest absolute Gasteiger partial charge is 0.341 e. The molecule has 0 spiro atoms. The second kappa shape index (κ2) is 6.32. The molecule has 1 saturated carbocycles. The number of carbonyl (C=O) groups is 1. The molecule has 1 aromatic rings. The van der Waals surface area contributed by atoms with Gasteiger partial charge in [0.25, 0.3) is 0 Å². The van der Waals surface area contributed by atoms with Crippen molar-refractivity contribution in [3.8, 4) is 0 Å².